The van der Waals surface area contributed by atoms with Gasteiger partial charge >= 0.3 is 6.09 Å². The van der Waals surface area contributed by atoms with Gasteiger partial charge in [-0.05, 0) is 82.0 Å². The Balaban J connectivity index is 1.56. The average molecular weight is 503 g/mol. The number of amides is 2. The van der Waals surface area contributed by atoms with Gasteiger partial charge in [-0.2, -0.15) is 5.26 Å². The highest BCUT2D eigenvalue weighted by atomic mass is 16.6. The number of nitrogens with one attached hydrogen (secondary N) is 3. The van der Waals surface area contributed by atoms with Crippen LogP contribution >= 0.6 is 0 Å². The third-order valence-corrected chi connectivity index (χ3v) is 6.38. The van der Waals surface area contributed by atoms with Crippen LogP contribution in [0.5, 0.6) is 0 Å². The van der Waals surface area contributed by atoms with E-state index in [4.69, 9.17) is 15.0 Å². The van der Waals surface area contributed by atoms with Crippen LogP contribution in [0.25, 0.3) is 11.0 Å². The monoisotopic (exact) mass is 502 g/mol. The molecule has 0 spiro atoms. The van der Waals surface area contributed by atoms with Crippen molar-refractivity contribution in [2.75, 3.05) is 18.4 Å². The van der Waals surface area contributed by atoms with E-state index in [0.29, 0.717) is 12.1 Å². The van der Waals surface area contributed by atoms with Crippen molar-refractivity contribution >= 4 is 28.7 Å². The Morgan fingerprint density at radius 1 is 1.16 bits per heavy atom. The van der Waals surface area contributed by atoms with E-state index in [0.717, 1.165) is 59.6 Å². The molecule has 194 valence electrons. The predicted octanol–water partition coefficient (Wildman–Crippen LogP) is 4.93. The quantitative estimate of drug-likeness (QED) is 0.421. The number of rotatable bonds is 7. The number of H-pyrrole nitrogens is 1. The van der Waals surface area contributed by atoms with E-state index in [9.17, 15) is 9.59 Å². The fourth-order valence-corrected chi connectivity index (χ4v) is 4.55. The number of benzene rings is 2. The number of hydrogen-bond acceptors (Lipinski definition) is 6. The van der Waals surface area contributed by atoms with Crippen LogP contribution in [0.1, 0.15) is 68.6 Å². The Morgan fingerprint density at radius 2 is 1.86 bits per heavy atom. The molecule has 2 heterocycles. The van der Waals surface area contributed by atoms with Crippen LogP contribution in [-0.2, 0) is 16.1 Å². The summed E-state index contributed by atoms with van der Waals surface area (Å²) in [4.78, 5) is 35.7. The Kier molecular flexibility index (Phi) is 7.67. The maximum Gasteiger partial charge on any atom is 0.408 e. The second kappa shape index (κ2) is 10.9. The number of aryl methyl sites for hydroxylation is 1. The van der Waals surface area contributed by atoms with Crippen molar-refractivity contribution < 1.29 is 14.3 Å². The van der Waals surface area contributed by atoms with Crippen molar-refractivity contribution in [2.45, 2.75) is 65.1 Å². The van der Waals surface area contributed by atoms with Gasteiger partial charge in [-0.3, -0.25) is 4.79 Å². The molecule has 1 aliphatic heterocycles. The standard InChI is InChI=1S/C28H34N6O3/c1-18-21(23(32-27(36)37-28(2,3)4)15-25(35)34-13-5-6-14-34)11-12-22-26(18)33-24(31-22)17-30-20-9-7-19(16-29)8-10-20/h7-12,23,30H,5-6,13-15,17H2,1-4H3,(H,31,33)(H,32,36)/t23-/m1/s1. The third kappa shape index (κ3) is 6.58. The maximum absolute atomic E-state index is 13.0. The number of alkyl carbamates (subject to hydrolysis) is 1. The third-order valence-electron chi connectivity index (χ3n) is 6.38. The summed E-state index contributed by atoms with van der Waals surface area (Å²) in [7, 11) is 0. The lowest BCUT2D eigenvalue weighted by Crippen LogP contribution is -2.38. The van der Waals surface area contributed by atoms with Gasteiger partial charge in [-0.1, -0.05) is 6.07 Å². The Morgan fingerprint density at radius 3 is 2.51 bits per heavy atom. The summed E-state index contributed by atoms with van der Waals surface area (Å²) in [6.45, 7) is 9.38. The largest absolute Gasteiger partial charge is 0.444 e. The van der Waals surface area contributed by atoms with Gasteiger partial charge in [0.05, 0.1) is 41.7 Å². The maximum atomic E-state index is 13.0. The van der Waals surface area contributed by atoms with Crippen LogP contribution < -0.4 is 10.6 Å². The van der Waals surface area contributed by atoms with Gasteiger partial charge in [0.2, 0.25) is 5.91 Å². The molecule has 0 aliphatic carbocycles. The molecule has 2 amide bonds. The molecular weight excluding hydrogens is 468 g/mol. The number of carbonyl (C=O) groups excluding carboxylic acids is 2. The zero-order chi connectivity index (χ0) is 26.6. The lowest BCUT2D eigenvalue weighted by Gasteiger charge is -2.26. The zero-order valence-electron chi connectivity index (χ0n) is 21.9. The molecule has 1 fully saturated rings. The van der Waals surface area contributed by atoms with E-state index >= 15 is 0 Å². The van der Waals surface area contributed by atoms with Gasteiger partial charge in [0.25, 0.3) is 0 Å². The van der Waals surface area contributed by atoms with Gasteiger partial charge in [0.1, 0.15) is 11.4 Å². The van der Waals surface area contributed by atoms with Gasteiger partial charge in [0.15, 0.2) is 0 Å². The first-order chi connectivity index (χ1) is 17.6. The molecule has 1 aliphatic rings. The summed E-state index contributed by atoms with van der Waals surface area (Å²) < 4.78 is 5.49. The van der Waals surface area contributed by atoms with Crippen molar-refractivity contribution in [1.82, 2.24) is 20.2 Å². The molecule has 2 aromatic carbocycles. The molecule has 9 heteroatoms. The number of nitrogens with zero attached hydrogens (tertiary/aromatic N) is 3. The van der Waals surface area contributed by atoms with Gasteiger partial charge in [-0.25, -0.2) is 9.78 Å². The smallest absolute Gasteiger partial charge is 0.408 e. The highest BCUT2D eigenvalue weighted by Gasteiger charge is 2.27. The van der Waals surface area contributed by atoms with E-state index in [2.05, 4.69) is 21.7 Å². The first kappa shape index (κ1) is 26.0. The van der Waals surface area contributed by atoms with E-state index in [1.54, 1.807) is 12.1 Å². The van der Waals surface area contributed by atoms with Crippen molar-refractivity contribution in [3.8, 4) is 6.07 Å². The molecule has 1 aromatic heterocycles. The van der Waals surface area contributed by atoms with Crippen molar-refractivity contribution in [1.29, 1.82) is 5.26 Å². The number of nitriles is 1. The first-order valence-electron chi connectivity index (χ1n) is 12.6. The molecule has 0 radical (unpaired) electrons. The Hall–Kier alpha value is -4.06. The van der Waals surface area contributed by atoms with Crippen molar-refractivity contribution in [3.63, 3.8) is 0 Å². The van der Waals surface area contributed by atoms with Crippen LogP contribution in [0.3, 0.4) is 0 Å². The lowest BCUT2D eigenvalue weighted by atomic mass is 9.97. The van der Waals surface area contributed by atoms with Crippen LogP contribution in [0.2, 0.25) is 0 Å². The summed E-state index contributed by atoms with van der Waals surface area (Å²) in [6.07, 6.45) is 1.62. The molecule has 37 heavy (non-hydrogen) atoms. The molecule has 9 nitrogen and oxygen atoms in total. The van der Waals surface area contributed by atoms with E-state index in [1.807, 2.05) is 56.9 Å². The summed E-state index contributed by atoms with van der Waals surface area (Å²) in [5, 5.41) is 15.2. The number of aromatic nitrogens is 2. The van der Waals surface area contributed by atoms with Crippen LogP contribution in [0.4, 0.5) is 10.5 Å². The van der Waals surface area contributed by atoms with Crippen LogP contribution in [0, 0.1) is 18.3 Å². The number of hydrogen-bond donors (Lipinski definition) is 3. The molecule has 0 bridgehead atoms. The molecule has 3 aromatic rings. The molecule has 0 saturated carbocycles. The van der Waals surface area contributed by atoms with E-state index < -0.39 is 17.7 Å². The summed E-state index contributed by atoms with van der Waals surface area (Å²) >= 11 is 0. The van der Waals surface area contributed by atoms with Crippen molar-refractivity contribution in [2.24, 2.45) is 0 Å². The van der Waals surface area contributed by atoms with E-state index in [-0.39, 0.29) is 12.3 Å². The number of fused-ring (bicyclic) bond motifs is 1. The predicted molar refractivity (Wildman–Crippen MR) is 142 cm³/mol. The van der Waals surface area contributed by atoms with Gasteiger partial charge < -0.3 is 25.3 Å². The second-order valence-electron chi connectivity index (χ2n) is 10.4. The number of ether oxygens (including phenoxy) is 1. The Labute approximate surface area is 217 Å². The number of aromatic amines is 1. The minimum Gasteiger partial charge on any atom is -0.444 e. The fourth-order valence-electron chi connectivity index (χ4n) is 4.55. The number of anilines is 1. The number of imidazole rings is 1. The van der Waals surface area contributed by atoms with Crippen molar-refractivity contribution in [3.05, 3.63) is 58.9 Å². The summed E-state index contributed by atoms with van der Waals surface area (Å²) in [6, 6.07) is 12.7. The summed E-state index contributed by atoms with van der Waals surface area (Å²) in [5.74, 6) is 0.775. The van der Waals surface area contributed by atoms with Crippen LogP contribution in [0.15, 0.2) is 36.4 Å². The molecule has 0 unspecified atom stereocenters. The second-order valence-corrected chi connectivity index (χ2v) is 10.4. The Bertz CT molecular complexity index is 1310. The first-order valence-corrected chi connectivity index (χ1v) is 12.6. The van der Waals surface area contributed by atoms with Gasteiger partial charge in [0, 0.05) is 18.8 Å². The lowest BCUT2D eigenvalue weighted by molar-refractivity contribution is -0.130. The van der Waals surface area contributed by atoms with E-state index in [1.165, 1.54) is 0 Å². The zero-order valence-corrected chi connectivity index (χ0v) is 21.9. The topological polar surface area (TPSA) is 123 Å². The molecule has 4 rings (SSSR count). The summed E-state index contributed by atoms with van der Waals surface area (Å²) in [5.41, 5.74) is 4.25. The normalized spacial score (nSPS) is 14.3. The number of carbonyl (C=O) groups is 2. The minimum absolute atomic E-state index is 0.0207. The SMILES string of the molecule is Cc1c([C@@H](CC(=O)N2CCCC2)NC(=O)OC(C)(C)C)ccc2[nH]c(CNc3ccc(C#N)cc3)nc12. The average Bonchev–Trinajstić information content (AvgIpc) is 3.52. The fraction of sp³-hybridized carbons (Fsp3) is 0.429. The van der Waals surface area contributed by atoms with Gasteiger partial charge in [-0.15, -0.1) is 0 Å². The molecule has 1 saturated heterocycles. The highest BCUT2D eigenvalue weighted by molar-refractivity contribution is 5.82. The molecular formula is C28H34N6O3. The highest BCUT2D eigenvalue weighted by Crippen LogP contribution is 2.28. The molecule has 3 N–H and O–H groups in total. The minimum atomic E-state index is -0.647. The van der Waals surface area contributed by atoms with Crippen LogP contribution in [-0.4, -0.2) is 45.6 Å². The number of likely N-dealkylation sites (tertiary alicyclic amines) is 1. The molecule has 1 atom stereocenters.